The predicted octanol–water partition coefficient (Wildman–Crippen LogP) is 5.69. The highest BCUT2D eigenvalue weighted by molar-refractivity contribution is 5.78. The number of carbonyl (C=O) groups is 1. The molecule has 0 saturated carbocycles. The predicted molar refractivity (Wildman–Crippen MR) is 135 cm³/mol. The summed E-state index contributed by atoms with van der Waals surface area (Å²) in [6.07, 6.45) is 12.0. The summed E-state index contributed by atoms with van der Waals surface area (Å²) in [7, 11) is 0. The van der Waals surface area contributed by atoms with Crippen LogP contribution in [0.2, 0.25) is 0 Å². The SMILES string of the molecule is CCCC(C[C@H]1CCC2=C1[C@@H](C)c1cnn(-c3ccc(F)cc3)c1C2)NC(=O)Cc1cccnc1. The third kappa shape index (κ3) is 4.93. The lowest BCUT2D eigenvalue weighted by molar-refractivity contribution is -0.121. The van der Waals surface area contributed by atoms with E-state index >= 15 is 0 Å². The van der Waals surface area contributed by atoms with Crippen molar-refractivity contribution in [1.82, 2.24) is 20.1 Å². The Balaban J connectivity index is 1.30. The number of fused-ring (bicyclic) bond motifs is 1. The van der Waals surface area contributed by atoms with Crippen LogP contribution in [0.25, 0.3) is 5.69 Å². The Hall–Kier alpha value is -3.28. The number of rotatable bonds is 8. The Labute approximate surface area is 206 Å². The van der Waals surface area contributed by atoms with E-state index in [4.69, 9.17) is 0 Å². The Kier molecular flexibility index (Phi) is 6.80. The van der Waals surface area contributed by atoms with Crippen LogP contribution in [0.4, 0.5) is 4.39 Å². The third-order valence-corrected chi connectivity index (χ3v) is 7.59. The van der Waals surface area contributed by atoms with Gasteiger partial charge in [0, 0.05) is 36.3 Å². The molecule has 2 aliphatic rings. The summed E-state index contributed by atoms with van der Waals surface area (Å²) >= 11 is 0. The number of nitrogens with one attached hydrogen (secondary N) is 1. The summed E-state index contributed by atoms with van der Waals surface area (Å²) in [5.74, 6) is 0.630. The molecule has 2 heterocycles. The number of amides is 1. The molecule has 3 aromatic rings. The highest BCUT2D eigenvalue weighted by Crippen LogP contribution is 2.48. The number of aromatic nitrogens is 3. The van der Waals surface area contributed by atoms with E-state index in [0.717, 1.165) is 49.8 Å². The fourth-order valence-electron chi connectivity index (χ4n) is 6.04. The van der Waals surface area contributed by atoms with Gasteiger partial charge in [0.05, 0.1) is 24.0 Å². The maximum Gasteiger partial charge on any atom is 0.224 e. The first kappa shape index (κ1) is 23.5. The zero-order valence-electron chi connectivity index (χ0n) is 20.5. The monoisotopic (exact) mass is 472 g/mol. The standard InChI is InChI=1S/C29H33FN4O/c1-3-5-24(33-28(35)14-20-6-4-13-31-17-20)15-21-7-8-22-16-27-26(19(2)29(21)22)18-32-34(27)25-11-9-23(30)10-12-25/h4,6,9-13,17-19,21,24H,3,5,7-8,14-16H2,1-2H3,(H,33,35)/t19-,21+,24?/m0/s1. The molecule has 5 nitrogen and oxygen atoms in total. The van der Waals surface area contributed by atoms with Gasteiger partial charge in [0.2, 0.25) is 5.91 Å². The maximum atomic E-state index is 13.4. The van der Waals surface area contributed by atoms with Crippen LogP contribution in [-0.2, 0) is 17.6 Å². The highest BCUT2D eigenvalue weighted by atomic mass is 19.1. The third-order valence-electron chi connectivity index (χ3n) is 7.59. The summed E-state index contributed by atoms with van der Waals surface area (Å²) in [5, 5.41) is 7.99. The van der Waals surface area contributed by atoms with Crippen LogP contribution >= 0.6 is 0 Å². The van der Waals surface area contributed by atoms with E-state index in [2.05, 4.69) is 29.2 Å². The van der Waals surface area contributed by atoms with Crippen molar-refractivity contribution in [2.75, 3.05) is 0 Å². The van der Waals surface area contributed by atoms with Gasteiger partial charge in [0.25, 0.3) is 0 Å². The van der Waals surface area contributed by atoms with Gasteiger partial charge in [0.15, 0.2) is 0 Å². The lowest BCUT2D eigenvalue weighted by Gasteiger charge is -2.29. The van der Waals surface area contributed by atoms with Crippen LogP contribution < -0.4 is 5.32 Å². The quantitative estimate of drug-likeness (QED) is 0.429. The summed E-state index contributed by atoms with van der Waals surface area (Å²) in [5.41, 5.74) is 7.41. The average molecular weight is 473 g/mol. The van der Waals surface area contributed by atoms with E-state index in [-0.39, 0.29) is 17.8 Å². The minimum Gasteiger partial charge on any atom is -0.353 e. The number of hydrogen-bond donors (Lipinski definition) is 1. The molecule has 0 spiro atoms. The van der Waals surface area contributed by atoms with Gasteiger partial charge in [-0.15, -0.1) is 0 Å². The Bertz CT molecular complexity index is 1220. The van der Waals surface area contributed by atoms with Gasteiger partial charge in [0.1, 0.15) is 5.82 Å². The molecule has 1 N–H and O–H groups in total. The number of nitrogens with zero attached hydrogens (tertiary/aromatic N) is 3. The van der Waals surface area contributed by atoms with Crippen molar-refractivity contribution in [2.24, 2.45) is 5.92 Å². The molecule has 0 bridgehead atoms. The van der Waals surface area contributed by atoms with Gasteiger partial charge < -0.3 is 5.32 Å². The minimum absolute atomic E-state index is 0.0724. The van der Waals surface area contributed by atoms with E-state index in [9.17, 15) is 9.18 Å². The molecule has 0 radical (unpaired) electrons. The molecule has 1 aromatic carbocycles. The van der Waals surface area contributed by atoms with Gasteiger partial charge in [-0.3, -0.25) is 9.78 Å². The first-order chi connectivity index (χ1) is 17.0. The molecule has 35 heavy (non-hydrogen) atoms. The number of halogens is 1. The molecule has 2 aromatic heterocycles. The van der Waals surface area contributed by atoms with E-state index in [1.165, 1.54) is 29.0 Å². The Morgan fingerprint density at radius 3 is 2.80 bits per heavy atom. The first-order valence-corrected chi connectivity index (χ1v) is 12.8. The molecule has 5 rings (SSSR count). The molecule has 1 unspecified atom stereocenters. The molecule has 3 atom stereocenters. The highest BCUT2D eigenvalue weighted by Gasteiger charge is 2.37. The second-order valence-corrected chi connectivity index (χ2v) is 9.95. The molecule has 6 heteroatoms. The van der Waals surface area contributed by atoms with Crippen molar-refractivity contribution in [3.63, 3.8) is 0 Å². The number of carbonyl (C=O) groups excluding carboxylic acids is 1. The number of pyridine rings is 1. The zero-order chi connectivity index (χ0) is 24.4. The van der Waals surface area contributed by atoms with Crippen LogP contribution in [0.1, 0.15) is 68.7 Å². The molecule has 0 aliphatic heterocycles. The van der Waals surface area contributed by atoms with Gasteiger partial charge in [-0.2, -0.15) is 5.10 Å². The van der Waals surface area contributed by atoms with Crippen molar-refractivity contribution in [3.8, 4) is 5.69 Å². The Morgan fingerprint density at radius 2 is 2.06 bits per heavy atom. The second-order valence-electron chi connectivity index (χ2n) is 9.95. The molecule has 1 amide bonds. The van der Waals surface area contributed by atoms with Crippen molar-refractivity contribution >= 4 is 5.91 Å². The van der Waals surface area contributed by atoms with Crippen LogP contribution in [-0.4, -0.2) is 26.7 Å². The first-order valence-electron chi connectivity index (χ1n) is 12.8. The fourth-order valence-corrected chi connectivity index (χ4v) is 6.04. The van der Waals surface area contributed by atoms with Gasteiger partial charge in [-0.1, -0.05) is 37.5 Å². The average Bonchev–Trinajstić information content (AvgIpc) is 3.45. The van der Waals surface area contributed by atoms with E-state index in [1.807, 2.05) is 23.0 Å². The Morgan fingerprint density at radius 1 is 1.23 bits per heavy atom. The summed E-state index contributed by atoms with van der Waals surface area (Å²) < 4.78 is 15.4. The van der Waals surface area contributed by atoms with Crippen LogP contribution in [0, 0.1) is 11.7 Å². The fraction of sp³-hybridized carbons (Fsp3) is 0.414. The number of hydrogen-bond acceptors (Lipinski definition) is 3. The maximum absolute atomic E-state index is 13.4. The van der Waals surface area contributed by atoms with Gasteiger partial charge >= 0.3 is 0 Å². The second kappa shape index (κ2) is 10.1. The molecular weight excluding hydrogens is 439 g/mol. The lowest BCUT2D eigenvalue weighted by Crippen LogP contribution is -2.37. The largest absolute Gasteiger partial charge is 0.353 e. The normalized spacial score (nSPS) is 19.9. The van der Waals surface area contributed by atoms with Gasteiger partial charge in [-0.05, 0) is 67.5 Å². The topological polar surface area (TPSA) is 59.8 Å². The van der Waals surface area contributed by atoms with Gasteiger partial charge in [-0.25, -0.2) is 9.07 Å². The van der Waals surface area contributed by atoms with E-state index in [0.29, 0.717) is 18.3 Å². The van der Waals surface area contributed by atoms with Crippen molar-refractivity contribution < 1.29 is 9.18 Å². The molecule has 0 saturated heterocycles. The van der Waals surface area contributed by atoms with Crippen LogP contribution in [0.15, 0.2) is 66.1 Å². The summed E-state index contributed by atoms with van der Waals surface area (Å²) in [6.45, 7) is 4.47. The minimum atomic E-state index is -0.235. The lowest BCUT2D eigenvalue weighted by atomic mass is 9.78. The van der Waals surface area contributed by atoms with E-state index in [1.54, 1.807) is 30.1 Å². The molecule has 2 aliphatic carbocycles. The number of allylic oxidation sites excluding steroid dienone is 2. The van der Waals surface area contributed by atoms with Crippen molar-refractivity contribution in [3.05, 3.63) is 88.8 Å². The van der Waals surface area contributed by atoms with Crippen molar-refractivity contribution in [2.45, 2.75) is 70.8 Å². The smallest absolute Gasteiger partial charge is 0.224 e. The van der Waals surface area contributed by atoms with Crippen LogP contribution in [0.3, 0.4) is 0 Å². The zero-order valence-corrected chi connectivity index (χ0v) is 20.5. The molecule has 182 valence electrons. The molecule has 0 fully saturated rings. The van der Waals surface area contributed by atoms with Crippen molar-refractivity contribution in [1.29, 1.82) is 0 Å². The van der Waals surface area contributed by atoms with E-state index < -0.39 is 0 Å². The number of benzene rings is 1. The molecular formula is C29H33FN4O. The summed E-state index contributed by atoms with van der Waals surface area (Å²) in [4.78, 5) is 16.9. The van der Waals surface area contributed by atoms with Crippen LogP contribution in [0.5, 0.6) is 0 Å². The summed E-state index contributed by atoms with van der Waals surface area (Å²) in [6, 6.07) is 10.6.